The number of aryl methyl sites for hydroxylation is 1. The fourth-order valence-electron chi connectivity index (χ4n) is 2.38. The summed E-state index contributed by atoms with van der Waals surface area (Å²) >= 11 is 3.57. The van der Waals surface area contributed by atoms with Crippen LogP contribution in [0.1, 0.15) is 24.4 Å². The van der Waals surface area contributed by atoms with E-state index in [2.05, 4.69) is 61.6 Å². The second-order valence-corrected chi connectivity index (χ2v) is 5.86. The molecule has 0 saturated carbocycles. The average Bonchev–Trinajstić information content (AvgIpc) is 2.93. The third kappa shape index (κ3) is 2.82. The van der Waals surface area contributed by atoms with Crippen molar-refractivity contribution in [1.29, 1.82) is 0 Å². The average molecular weight is 346 g/mol. The van der Waals surface area contributed by atoms with Gasteiger partial charge in [-0.2, -0.15) is 0 Å². The van der Waals surface area contributed by atoms with Gasteiger partial charge >= 0.3 is 0 Å². The quantitative estimate of drug-likeness (QED) is 0.789. The lowest BCUT2D eigenvalue weighted by atomic mass is 10.1. The number of rotatable bonds is 4. The fraction of sp³-hybridized carbons (Fsp3) is 0.267. The molecule has 0 aliphatic carbocycles. The number of nitrogens with one attached hydrogen (secondary N) is 1. The molecule has 0 amide bonds. The molecule has 6 heteroatoms. The third-order valence-corrected chi connectivity index (χ3v) is 4.22. The standard InChI is InChI=1S/C15H16BrN5/c1-10(15-20-19-9-21(15)2)18-8-11-5-6-13(16)12-4-3-7-17-14(11)12/h3-7,9-10,18H,8H2,1-2H3. The van der Waals surface area contributed by atoms with Crippen molar-refractivity contribution in [3.8, 4) is 0 Å². The van der Waals surface area contributed by atoms with Crippen LogP contribution in [-0.2, 0) is 13.6 Å². The molecule has 0 aliphatic rings. The van der Waals surface area contributed by atoms with E-state index in [9.17, 15) is 0 Å². The summed E-state index contributed by atoms with van der Waals surface area (Å²) in [4.78, 5) is 4.50. The number of nitrogens with zero attached hydrogens (tertiary/aromatic N) is 4. The van der Waals surface area contributed by atoms with E-state index < -0.39 is 0 Å². The van der Waals surface area contributed by atoms with Crippen molar-refractivity contribution < 1.29 is 0 Å². The van der Waals surface area contributed by atoms with Crippen molar-refractivity contribution in [2.24, 2.45) is 7.05 Å². The Labute approximate surface area is 131 Å². The van der Waals surface area contributed by atoms with Crippen LogP contribution in [0.4, 0.5) is 0 Å². The first-order valence-corrected chi connectivity index (χ1v) is 7.55. The van der Waals surface area contributed by atoms with Crippen LogP contribution in [0.15, 0.2) is 41.3 Å². The Bertz CT molecular complexity index is 768. The van der Waals surface area contributed by atoms with E-state index in [-0.39, 0.29) is 6.04 Å². The monoisotopic (exact) mass is 345 g/mol. The molecular formula is C15H16BrN5. The molecule has 0 spiro atoms. The highest BCUT2D eigenvalue weighted by atomic mass is 79.9. The highest BCUT2D eigenvalue weighted by Gasteiger charge is 2.12. The van der Waals surface area contributed by atoms with E-state index in [0.717, 1.165) is 27.7 Å². The number of hydrogen-bond acceptors (Lipinski definition) is 4. The van der Waals surface area contributed by atoms with Gasteiger partial charge < -0.3 is 9.88 Å². The van der Waals surface area contributed by atoms with Crippen LogP contribution in [0.3, 0.4) is 0 Å². The van der Waals surface area contributed by atoms with E-state index in [1.807, 2.05) is 23.9 Å². The Balaban J connectivity index is 1.83. The molecular weight excluding hydrogens is 330 g/mol. The molecule has 0 fully saturated rings. The molecule has 2 aromatic heterocycles. The van der Waals surface area contributed by atoms with Crippen molar-refractivity contribution in [1.82, 2.24) is 25.1 Å². The molecule has 1 atom stereocenters. The smallest absolute Gasteiger partial charge is 0.149 e. The van der Waals surface area contributed by atoms with Gasteiger partial charge in [-0.25, -0.2) is 0 Å². The number of hydrogen-bond donors (Lipinski definition) is 1. The predicted molar refractivity (Wildman–Crippen MR) is 85.7 cm³/mol. The van der Waals surface area contributed by atoms with Crippen molar-refractivity contribution in [3.63, 3.8) is 0 Å². The Morgan fingerprint density at radius 3 is 2.95 bits per heavy atom. The van der Waals surface area contributed by atoms with Crippen LogP contribution in [0.25, 0.3) is 10.9 Å². The maximum atomic E-state index is 4.50. The zero-order chi connectivity index (χ0) is 14.8. The Morgan fingerprint density at radius 2 is 2.19 bits per heavy atom. The number of aromatic nitrogens is 4. The minimum atomic E-state index is 0.125. The topological polar surface area (TPSA) is 55.6 Å². The Kier molecular flexibility index (Phi) is 3.98. The molecule has 1 N–H and O–H groups in total. The Hall–Kier alpha value is -1.79. The number of fused-ring (bicyclic) bond motifs is 1. The predicted octanol–water partition coefficient (Wildman–Crippen LogP) is 2.98. The van der Waals surface area contributed by atoms with Gasteiger partial charge in [-0.1, -0.05) is 28.1 Å². The van der Waals surface area contributed by atoms with Gasteiger partial charge in [0.1, 0.15) is 12.2 Å². The second kappa shape index (κ2) is 5.91. The molecule has 3 aromatic rings. The highest BCUT2D eigenvalue weighted by molar-refractivity contribution is 9.10. The van der Waals surface area contributed by atoms with Gasteiger partial charge in [-0.3, -0.25) is 4.98 Å². The Morgan fingerprint density at radius 1 is 1.33 bits per heavy atom. The van der Waals surface area contributed by atoms with Crippen LogP contribution in [-0.4, -0.2) is 19.7 Å². The lowest BCUT2D eigenvalue weighted by molar-refractivity contribution is 0.529. The van der Waals surface area contributed by atoms with Gasteiger partial charge in [0.15, 0.2) is 0 Å². The minimum Gasteiger partial charge on any atom is -0.319 e. The summed E-state index contributed by atoms with van der Waals surface area (Å²) in [7, 11) is 1.95. The van der Waals surface area contributed by atoms with E-state index in [0.29, 0.717) is 0 Å². The lowest BCUT2D eigenvalue weighted by Gasteiger charge is -2.14. The van der Waals surface area contributed by atoms with Gasteiger partial charge in [0.2, 0.25) is 0 Å². The summed E-state index contributed by atoms with van der Waals surface area (Å²) in [6.45, 7) is 2.81. The van der Waals surface area contributed by atoms with Crippen molar-refractivity contribution in [2.45, 2.75) is 19.5 Å². The van der Waals surface area contributed by atoms with Crippen molar-refractivity contribution >= 4 is 26.8 Å². The first-order chi connectivity index (χ1) is 10.2. The van der Waals surface area contributed by atoms with Crippen LogP contribution in [0, 0.1) is 0 Å². The summed E-state index contributed by atoms with van der Waals surface area (Å²) in [6, 6.07) is 8.30. The molecule has 0 saturated heterocycles. The number of benzene rings is 1. The first kappa shape index (κ1) is 14.2. The van der Waals surface area contributed by atoms with Crippen LogP contribution < -0.4 is 5.32 Å². The summed E-state index contributed by atoms with van der Waals surface area (Å²) in [5, 5.41) is 12.6. The van der Waals surface area contributed by atoms with Gasteiger partial charge in [0.05, 0.1) is 11.6 Å². The fourth-order valence-corrected chi connectivity index (χ4v) is 2.83. The molecule has 1 unspecified atom stereocenters. The van der Waals surface area contributed by atoms with E-state index in [4.69, 9.17) is 0 Å². The SMILES string of the molecule is CC(NCc1ccc(Br)c2cccnc12)c1nncn1C. The summed E-state index contributed by atoms with van der Waals surface area (Å²) in [5.74, 6) is 0.921. The molecule has 0 bridgehead atoms. The lowest BCUT2D eigenvalue weighted by Crippen LogP contribution is -2.21. The molecule has 2 heterocycles. The summed E-state index contributed by atoms with van der Waals surface area (Å²) in [6.07, 6.45) is 3.54. The van der Waals surface area contributed by atoms with Gasteiger partial charge in [-0.05, 0) is 24.6 Å². The summed E-state index contributed by atoms with van der Waals surface area (Å²) in [5.41, 5.74) is 2.19. The third-order valence-electron chi connectivity index (χ3n) is 3.53. The maximum absolute atomic E-state index is 4.50. The largest absolute Gasteiger partial charge is 0.319 e. The molecule has 0 radical (unpaired) electrons. The van der Waals surface area contributed by atoms with Gasteiger partial charge in [0.25, 0.3) is 0 Å². The van der Waals surface area contributed by atoms with E-state index >= 15 is 0 Å². The number of halogens is 1. The zero-order valence-corrected chi connectivity index (χ0v) is 13.5. The molecule has 21 heavy (non-hydrogen) atoms. The molecule has 5 nitrogen and oxygen atoms in total. The summed E-state index contributed by atoms with van der Waals surface area (Å²) < 4.78 is 2.99. The van der Waals surface area contributed by atoms with Crippen LogP contribution in [0.5, 0.6) is 0 Å². The maximum Gasteiger partial charge on any atom is 0.149 e. The van der Waals surface area contributed by atoms with Crippen molar-refractivity contribution in [2.75, 3.05) is 0 Å². The van der Waals surface area contributed by atoms with E-state index in [1.165, 1.54) is 5.56 Å². The molecule has 0 aliphatic heterocycles. The zero-order valence-electron chi connectivity index (χ0n) is 11.9. The normalized spacial score (nSPS) is 12.7. The molecule has 108 valence electrons. The molecule has 3 rings (SSSR count). The van der Waals surface area contributed by atoms with Gasteiger partial charge in [0, 0.05) is 29.6 Å². The first-order valence-electron chi connectivity index (χ1n) is 6.76. The molecule has 1 aromatic carbocycles. The minimum absolute atomic E-state index is 0.125. The van der Waals surface area contributed by atoms with Crippen molar-refractivity contribution in [3.05, 3.63) is 52.7 Å². The van der Waals surface area contributed by atoms with Crippen LogP contribution in [0.2, 0.25) is 0 Å². The number of pyridine rings is 1. The van der Waals surface area contributed by atoms with Gasteiger partial charge in [-0.15, -0.1) is 10.2 Å². The van der Waals surface area contributed by atoms with E-state index in [1.54, 1.807) is 6.33 Å². The highest BCUT2D eigenvalue weighted by Crippen LogP contribution is 2.25. The second-order valence-electron chi connectivity index (χ2n) is 5.01. The van der Waals surface area contributed by atoms with Crippen LogP contribution >= 0.6 is 15.9 Å².